The van der Waals surface area contributed by atoms with E-state index < -0.39 is 38.8 Å². The van der Waals surface area contributed by atoms with Gasteiger partial charge >= 0.3 is 6.18 Å². The van der Waals surface area contributed by atoms with Gasteiger partial charge in [0.25, 0.3) is 0 Å². The lowest BCUT2D eigenvalue weighted by Gasteiger charge is -2.24. The van der Waals surface area contributed by atoms with Crippen molar-refractivity contribution in [1.82, 2.24) is 0 Å². The van der Waals surface area contributed by atoms with Crippen LogP contribution >= 0.6 is 23.2 Å². The van der Waals surface area contributed by atoms with Gasteiger partial charge in [-0.05, 0) is 41.3 Å². The molecular formula is C22H18Cl2F4O3S. The molecule has 0 amide bonds. The van der Waals surface area contributed by atoms with E-state index in [0.29, 0.717) is 22.6 Å². The van der Waals surface area contributed by atoms with E-state index in [1.54, 1.807) is 0 Å². The Hall–Kier alpha value is -1.90. The molecule has 1 unspecified atom stereocenters. The third-order valence-corrected chi connectivity index (χ3v) is 7.28. The first-order valence-corrected chi connectivity index (χ1v) is 11.7. The molecule has 0 bridgehead atoms. The van der Waals surface area contributed by atoms with Crippen molar-refractivity contribution in [3.8, 4) is 5.75 Å². The van der Waals surface area contributed by atoms with Crippen molar-refractivity contribution in [2.24, 2.45) is 5.92 Å². The van der Waals surface area contributed by atoms with E-state index in [1.807, 2.05) is 0 Å². The standard InChI is InChI=1S/C22H18Cl2F4O3S/c1-31-20-7-12(2-4-15(20)19(29)6-13-10-32(30)11-13)3-5-16(22(26,27)28)14-8-17(23)21(25)18(24)9-14/h2-5,7-9,13,16H,6,10-11H2,1H3/b5-3+. The topological polar surface area (TPSA) is 43.4 Å². The molecule has 0 saturated carbocycles. The molecule has 0 radical (unpaired) electrons. The van der Waals surface area contributed by atoms with Gasteiger partial charge in [-0.2, -0.15) is 13.2 Å². The summed E-state index contributed by atoms with van der Waals surface area (Å²) in [5.74, 6) is -1.97. The molecule has 1 saturated heterocycles. The molecule has 1 aliphatic heterocycles. The van der Waals surface area contributed by atoms with Gasteiger partial charge in [-0.3, -0.25) is 9.00 Å². The molecular weight excluding hydrogens is 491 g/mol. The fourth-order valence-electron chi connectivity index (χ4n) is 3.38. The number of alkyl halides is 3. The van der Waals surface area contributed by atoms with Gasteiger partial charge in [0.2, 0.25) is 0 Å². The van der Waals surface area contributed by atoms with Gasteiger partial charge in [-0.1, -0.05) is 41.4 Å². The largest absolute Gasteiger partial charge is 0.496 e. The minimum absolute atomic E-state index is 0.0644. The van der Waals surface area contributed by atoms with Crippen LogP contribution in [0.25, 0.3) is 6.08 Å². The van der Waals surface area contributed by atoms with E-state index in [0.717, 1.165) is 18.2 Å². The quantitative estimate of drug-likeness (QED) is 0.245. The predicted molar refractivity (Wildman–Crippen MR) is 118 cm³/mol. The van der Waals surface area contributed by atoms with E-state index in [2.05, 4.69) is 0 Å². The summed E-state index contributed by atoms with van der Waals surface area (Å²) in [4.78, 5) is 12.5. The summed E-state index contributed by atoms with van der Waals surface area (Å²) >= 11 is 11.3. The number of hydrogen-bond donors (Lipinski definition) is 0. The fraction of sp³-hybridized carbons (Fsp3) is 0.318. The number of carbonyl (C=O) groups is 1. The van der Waals surface area contributed by atoms with Crippen LogP contribution in [0.15, 0.2) is 36.4 Å². The molecule has 3 rings (SSSR count). The van der Waals surface area contributed by atoms with Crippen LogP contribution in [0.2, 0.25) is 10.0 Å². The number of ether oxygens (including phenoxy) is 1. The number of halogens is 6. The fourth-order valence-corrected chi connectivity index (χ4v) is 5.07. The summed E-state index contributed by atoms with van der Waals surface area (Å²) in [6, 6.07) is 6.23. The van der Waals surface area contributed by atoms with Crippen LogP contribution < -0.4 is 4.74 Å². The van der Waals surface area contributed by atoms with Gasteiger partial charge in [0, 0.05) is 28.7 Å². The molecule has 0 aliphatic carbocycles. The SMILES string of the molecule is COc1cc(/C=C/C(c2cc(Cl)c(F)c(Cl)c2)C(F)(F)F)ccc1C(=O)CC1CS(=O)C1. The highest BCUT2D eigenvalue weighted by Crippen LogP contribution is 2.39. The molecule has 1 heterocycles. The molecule has 1 fully saturated rings. The van der Waals surface area contributed by atoms with Crippen molar-refractivity contribution in [1.29, 1.82) is 0 Å². The number of rotatable bonds is 7. The van der Waals surface area contributed by atoms with E-state index >= 15 is 0 Å². The number of benzene rings is 2. The molecule has 0 aromatic heterocycles. The Kier molecular flexibility index (Phi) is 7.68. The normalized spacial score (nSPS) is 19.6. The molecule has 3 nitrogen and oxygen atoms in total. The summed E-state index contributed by atoms with van der Waals surface area (Å²) in [5, 5.41) is -1.01. The van der Waals surface area contributed by atoms with Gasteiger partial charge in [0.15, 0.2) is 11.6 Å². The number of allylic oxidation sites excluding steroid dienone is 1. The monoisotopic (exact) mass is 508 g/mol. The van der Waals surface area contributed by atoms with Crippen LogP contribution in [0.5, 0.6) is 5.75 Å². The molecule has 2 aromatic carbocycles. The lowest BCUT2D eigenvalue weighted by Crippen LogP contribution is -2.32. The number of ketones is 1. The summed E-state index contributed by atoms with van der Waals surface area (Å²) in [6.45, 7) is 0. The van der Waals surface area contributed by atoms with Gasteiger partial charge in [-0.25, -0.2) is 4.39 Å². The molecule has 1 aliphatic rings. The minimum Gasteiger partial charge on any atom is -0.496 e. The first kappa shape index (κ1) is 24.7. The molecule has 1 atom stereocenters. The predicted octanol–water partition coefficient (Wildman–Crippen LogP) is 6.45. The Bertz CT molecular complexity index is 1050. The second-order valence-corrected chi connectivity index (χ2v) is 9.76. The van der Waals surface area contributed by atoms with Crippen molar-refractivity contribution >= 4 is 45.9 Å². The zero-order chi connectivity index (χ0) is 23.6. The van der Waals surface area contributed by atoms with Gasteiger partial charge in [0.1, 0.15) is 5.75 Å². The van der Waals surface area contributed by atoms with Crippen molar-refractivity contribution in [3.63, 3.8) is 0 Å². The Morgan fingerprint density at radius 2 is 1.84 bits per heavy atom. The molecule has 2 aromatic rings. The average Bonchev–Trinajstić information content (AvgIpc) is 2.69. The minimum atomic E-state index is -4.68. The highest BCUT2D eigenvalue weighted by Gasteiger charge is 2.39. The Labute approximate surface area is 194 Å². The smallest absolute Gasteiger partial charge is 0.399 e. The van der Waals surface area contributed by atoms with E-state index in [4.69, 9.17) is 27.9 Å². The van der Waals surface area contributed by atoms with Crippen LogP contribution in [0.1, 0.15) is 33.8 Å². The number of hydrogen-bond acceptors (Lipinski definition) is 3. The van der Waals surface area contributed by atoms with Crippen LogP contribution in [0, 0.1) is 11.7 Å². The first-order chi connectivity index (χ1) is 15.0. The summed E-state index contributed by atoms with van der Waals surface area (Å²) < 4.78 is 71.0. The lowest BCUT2D eigenvalue weighted by atomic mass is 9.96. The molecule has 172 valence electrons. The Morgan fingerprint density at radius 1 is 1.22 bits per heavy atom. The zero-order valence-corrected chi connectivity index (χ0v) is 19.0. The highest BCUT2D eigenvalue weighted by atomic mass is 35.5. The third-order valence-electron chi connectivity index (χ3n) is 5.04. The van der Waals surface area contributed by atoms with E-state index in [9.17, 15) is 26.6 Å². The van der Waals surface area contributed by atoms with Crippen molar-refractivity contribution in [3.05, 3.63) is 69.0 Å². The third kappa shape index (κ3) is 5.71. The zero-order valence-electron chi connectivity index (χ0n) is 16.7. The molecule has 0 N–H and O–H groups in total. The van der Waals surface area contributed by atoms with Crippen molar-refractivity contribution in [2.75, 3.05) is 18.6 Å². The lowest BCUT2D eigenvalue weighted by molar-refractivity contribution is -0.139. The van der Waals surface area contributed by atoms with Gasteiger partial charge < -0.3 is 4.74 Å². The van der Waals surface area contributed by atoms with Gasteiger partial charge in [0.05, 0.1) is 28.6 Å². The summed E-state index contributed by atoms with van der Waals surface area (Å²) in [6.07, 6.45) is -2.31. The second kappa shape index (κ2) is 9.93. The number of methoxy groups -OCH3 is 1. The number of Topliss-reactive ketones (excluding diaryl/α,β-unsaturated/α-hetero) is 1. The van der Waals surface area contributed by atoms with Crippen molar-refractivity contribution < 1.29 is 31.3 Å². The molecule has 0 spiro atoms. The van der Waals surface area contributed by atoms with Gasteiger partial charge in [-0.15, -0.1) is 0 Å². The highest BCUT2D eigenvalue weighted by molar-refractivity contribution is 7.86. The first-order valence-electron chi connectivity index (χ1n) is 9.45. The second-order valence-electron chi connectivity index (χ2n) is 7.40. The van der Waals surface area contributed by atoms with E-state index in [1.165, 1.54) is 31.4 Å². The van der Waals surface area contributed by atoms with Crippen molar-refractivity contribution in [2.45, 2.75) is 18.5 Å². The van der Waals surface area contributed by atoms with Crippen LogP contribution in [0.3, 0.4) is 0 Å². The average molecular weight is 509 g/mol. The van der Waals surface area contributed by atoms with Crippen LogP contribution in [-0.2, 0) is 10.8 Å². The van der Waals surface area contributed by atoms with E-state index in [-0.39, 0.29) is 29.4 Å². The maximum absolute atomic E-state index is 13.7. The molecule has 10 heteroatoms. The maximum atomic E-state index is 13.7. The maximum Gasteiger partial charge on any atom is 0.399 e. The van der Waals surface area contributed by atoms with Crippen LogP contribution in [-0.4, -0.2) is 34.8 Å². The summed E-state index contributed by atoms with van der Waals surface area (Å²) in [7, 11) is 0.498. The Balaban J connectivity index is 1.85. The Morgan fingerprint density at radius 3 is 2.38 bits per heavy atom. The number of carbonyl (C=O) groups excluding carboxylic acids is 1. The summed E-state index contributed by atoms with van der Waals surface area (Å²) in [5.41, 5.74) is 0.380. The van der Waals surface area contributed by atoms with Crippen LogP contribution in [0.4, 0.5) is 17.6 Å². The molecule has 32 heavy (non-hydrogen) atoms.